The monoisotopic (exact) mass is 642 g/mol. The first-order chi connectivity index (χ1) is 24.6. The third-order valence-electron chi connectivity index (χ3n) is 10.5. The summed E-state index contributed by atoms with van der Waals surface area (Å²) in [5, 5.41) is 7.62. The summed E-state index contributed by atoms with van der Waals surface area (Å²) < 4.78 is 0. The fourth-order valence-corrected chi connectivity index (χ4v) is 7.98. The Labute approximate surface area is 294 Å². The molecule has 240 valence electrons. The highest BCUT2D eigenvalue weighted by molar-refractivity contribution is 5.98. The molecule has 2 heteroatoms. The molecule has 1 unspecified atom stereocenters. The Morgan fingerprint density at radius 3 is 1.66 bits per heavy atom. The van der Waals surface area contributed by atoms with Crippen molar-refractivity contribution in [1.82, 2.24) is 0 Å². The SMILES string of the molecule is Cc1c2c(c(C)c3cc(N(c4ccccc4)c4ccc5ccccc5c4)ccc13)CC(N(c1ccccc1)c1ccc3ccccc3c1)C=C2. The van der Waals surface area contributed by atoms with Crippen LogP contribution in [0.25, 0.3) is 38.4 Å². The van der Waals surface area contributed by atoms with Crippen molar-refractivity contribution >= 4 is 66.8 Å². The predicted molar refractivity (Wildman–Crippen MR) is 215 cm³/mol. The van der Waals surface area contributed by atoms with E-state index in [4.69, 9.17) is 0 Å². The van der Waals surface area contributed by atoms with E-state index in [0.29, 0.717) is 0 Å². The van der Waals surface area contributed by atoms with E-state index in [2.05, 4.69) is 200 Å². The number of rotatable bonds is 6. The van der Waals surface area contributed by atoms with Crippen LogP contribution < -0.4 is 9.80 Å². The van der Waals surface area contributed by atoms with Crippen molar-refractivity contribution in [1.29, 1.82) is 0 Å². The van der Waals surface area contributed by atoms with Gasteiger partial charge in [0.15, 0.2) is 0 Å². The Balaban J connectivity index is 1.16. The minimum absolute atomic E-state index is 0.170. The average molecular weight is 643 g/mol. The second-order valence-electron chi connectivity index (χ2n) is 13.4. The van der Waals surface area contributed by atoms with Gasteiger partial charge in [-0.3, -0.25) is 0 Å². The van der Waals surface area contributed by atoms with Crippen LogP contribution in [0.1, 0.15) is 22.3 Å². The van der Waals surface area contributed by atoms with Crippen molar-refractivity contribution in [2.45, 2.75) is 26.3 Å². The Bertz CT molecular complexity index is 2550. The van der Waals surface area contributed by atoms with Crippen molar-refractivity contribution in [2.75, 3.05) is 9.80 Å². The maximum absolute atomic E-state index is 2.51. The lowest BCUT2D eigenvalue weighted by Gasteiger charge is -2.35. The molecule has 50 heavy (non-hydrogen) atoms. The lowest BCUT2D eigenvalue weighted by Crippen LogP contribution is -2.33. The minimum atomic E-state index is 0.170. The molecule has 1 atom stereocenters. The number of anilines is 5. The number of hydrogen-bond acceptors (Lipinski definition) is 2. The molecule has 0 spiro atoms. The molecular weight excluding hydrogens is 605 g/mol. The normalized spacial score (nSPS) is 13.8. The molecular formula is C48H38N2. The molecule has 0 saturated carbocycles. The molecule has 9 rings (SSSR count). The number of aryl methyl sites for hydroxylation is 2. The molecule has 0 aliphatic heterocycles. The minimum Gasteiger partial charge on any atom is -0.334 e. The van der Waals surface area contributed by atoms with Gasteiger partial charge in [-0.2, -0.15) is 0 Å². The topological polar surface area (TPSA) is 6.48 Å². The van der Waals surface area contributed by atoms with Crippen LogP contribution >= 0.6 is 0 Å². The van der Waals surface area contributed by atoms with E-state index in [1.54, 1.807) is 0 Å². The smallest absolute Gasteiger partial charge is 0.0566 e. The fourth-order valence-electron chi connectivity index (χ4n) is 7.98. The zero-order chi connectivity index (χ0) is 33.6. The maximum Gasteiger partial charge on any atom is 0.0566 e. The van der Waals surface area contributed by atoms with Crippen molar-refractivity contribution in [3.05, 3.63) is 192 Å². The summed E-state index contributed by atoms with van der Waals surface area (Å²) in [7, 11) is 0. The average Bonchev–Trinajstić information content (AvgIpc) is 3.18. The highest BCUT2D eigenvalue weighted by Gasteiger charge is 2.26. The second-order valence-corrected chi connectivity index (χ2v) is 13.4. The first kappa shape index (κ1) is 30.0. The van der Waals surface area contributed by atoms with Gasteiger partial charge in [-0.05, 0) is 136 Å². The van der Waals surface area contributed by atoms with Gasteiger partial charge in [-0.1, -0.05) is 115 Å². The molecule has 0 bridgehead atoms. The van der Waals surface area contributed by atoms with Crippen molar-refractivity contribution in [3.63, 3.8) is 0 Å². The number of nitrogens with zero attached hydrogens (tertiary/aromatic N) is 2. The number of fused-ring (bicyclic) bond motifs is 4. The lowest BCUT2D eigenvalue weighted by atomic mass is 9.83. The number of hydrogen-bond donors (Lipinski definition) is 0. The second kappa shape index (κ2) is 12.4. The van der Waals surface area contributed by atoms with Gasteiger partial charge in [0.25, 0.3) is 0 Å². The Morgan fingerprint density at radius 1 is 0.440 bits per heavy atom. The summed E-state index contributed by atoms with van der Waals surface area (Å²) in [6, 6.07) is 59.6. The summed E-state index contributed by atoms with van der Waals surface area (Å²) in [5.74, 6) is 0. The summed E-state index contributed by atoms with van der Waals surface area (Å²) in [4.78, 5) is 4.90. The van der Waals surface area contributed by atoms with Crippen molar-refractivity contribution in [2.24, 2.45) is 0 Å². The standard InChI is InChI=1S/C48H38N2/c1-33-45-27-25-43(49(39-17-5-3-6-18-39)41-23-21-35-13-9-11-15-37(35)29-41)31-47(45)34(2)48-32-44(26-28-46(33)48)50(40-19-7-4-8-20-40)42-24-22-36-14-10-12-16-38(36)30-42/h3-31,44H,32H2,1-2H3. The van der Waals surface area contributed by atoms with Crippen LogP contribution in [0.3, 0.4) is 0 Å². The van der Waals surface area contributed by atoms with Crippen LogP contribution in [0.15, 0.2) is 170 Å². The first-order valence-corrected chi connectivity index (χ1v) is 17.5. The van der Waals surface area contributed by atoms with Crippen LogP contribution in [-0.4, -0.2) is 6.04 Å². The highest BCUT2D eigenvalue weighted by atomic mass is 15.2. The summed E-state index contributed by atoms with van der Waals surface area (Å²) in [6.07, 6.45) is 5.71. The van der Waals surface area contributed by atoms with E-state index in [-0.39, 0.29) is 6.04 Å². The molecule has 0 radical (unpaired) electrons. The van der Waals surface area contributed by atoms with Gasteiger partial charge in [0, 0.05) is 28.4 Å². The third-order valence-corrected chi connectivity index (χ3v) is 10.5. The molecule has 0 amide bonds. The highest BCUT2D eigenvalue weighted by Crippen LogP contribution is 2.42. The molecule has 1 aliphatic carbocycles. The maximum atomic E-state index is 2.51. The largest absolute Gasteiger partial charge is 0.334 e. The Morgan fingerprint density at radius 2 is 0.980 bits per heavy atom. The van der Waals surface area contributed by atoms with Gasteiger partial charge < -0.3 is 9.80 Å². The molecule has 8 aromatic carbocycles. The van der Waals surface area contributed by atoms with Gasteiger partial charge in [-0.15, -0.1) is 0 Å². The van der Waals surface area contributed by atoms with E-state index < -0.39 is 0 Å². The van der Waals surface area contributed by atoms with Gasteiger partial charge in [-0.25, -0.2) is 0 Å². The lowest BCUT2D eigenvalue weighted by molar-refractivity contribution is 0.763. The molecule has 0 heterocycles. The van der Waals surface area contributed by atoms with Gasteiger partial charge in [0.05, 0.1) is 6.04 Å². The quantitative estimate of drug-likeness (QED) is 0.178. The van der Waals surface area contributed by atoms with E-state index in [1.807, 2.05) is 0 Å². The molecule has 0 aromatic heterocycles. The van der Waals surface area contributed by atoms with Crippen LogP contribution in [0.5, 0.6) is 0 Å². The molecule has 1 aliphatic rings. The van der Waals surface area contributed by atoms with Crippen molar-refractivity contribution < 1.29 is 0 Å². The summed E-state index contributed by atoms with van der Waals surface area (Å²) in [5.41, 5.74) is 11.4. The van der Waals surface area contributed by atoms with E-state index in [0.717, 1.165) is 23.5 Å². The predicted octanol–water partition coefficient (Wildman–Crippen LogP) is 13.0. The summed E-state index contributed by atoms with van der Waals surface area (Å²) in [6.45, 7) is 4.62. The number of benzene rings is 8. The Hall–Kier alpha value is -6.12. The molecule has 8 aromatic rings. The Kier molecular flexibility index (Phi) is 7.43. The zero-order valence-corrected chi connectivity index (χ0v) is 28.4. The van der Waals surface area contributed by atoms with Gasteiger partial charge in [0.2, 0.25) is 0 Å². The van der Waals surface area contributed by atoms with Gasteiger partial charge >= 0.3 is 0 Å². The van der Waals surface area contributed by atoms with Crippen LogP contribution in [0, 0.1) is 13.8 Å². The van der Waals surface area contributed by atoms with Crippen molar-refractivity contribution in [3.8, 4) is 0 Å². The van der Waals surface area contributed by atoms with Crippen LogP contribution in [0.2, 0.25) is 0 Å². The third kappa shape index (κ3) is 5.21. The molecule has 0 fully saturated rings. The fraction of sp³-hybridized carbons (Fsp3) is 0.0833. The van der Waals surface area contributed by atoms with Gasteiger partial charge in [0.1, 0.15) is 0 Å². The van der Waals surface area contributed by atoms with Crippen LogP contribution in [-0.2, 0) is 6.42 Å². The van der Waals surface area contributed by atoms with E-state index >= 15 is 0 Å². The molecule has 0 saturated heterocycles. The number of para-hydroxylation sites is 2. The first-order valence-electron chi connectivity index (χ1n) is 17.5. The summed E-state index contributed by atoms with van der Waals surface area (Å²) >= 11 is 0. The van der Waals surface area contributed by atoms with E-state index in [1.165, 1.54) is 65.9 Å². The molecule has 0 N–H and O–H groups in total. The molecule has 2 nitrogen and oxygen atoms in total. The zero-order valence-electron chi connectivity index (χ0n) is 28.4. The van der Waals surface area contributed by atoms with E-state index in [9.17, 15) is 0 Å². The van der Waals surface area contributed by atoms with Crippen LogP contribution in [0.4, 0.5) is 28.4 Å².